The van der Waals surface area contributed by atoms with Gasteiger partial charge < -0.3 is 20.9 Å². The normalized spacial score (nSPS) is 11.6. The van der Waals surface area contributed by atoms with E-state index < -0.39 is 18.5 Å². The fraction of sp³-hybridized carbons (Fsp3) is 0.896. The molecule has 0 saturated carbocycles. The molecule has 0 radical (unpaired) electrons. The molecule has 1 rings (SSSR count). The van der Waals surface area contributed by atoms with Crippen molar-refractivity contribution in [3.63, 3.8) is 0 Å². The molecule has 0 fully saturated rings. The highest BCUT2D eigenvalue weighted by atomic mass is 16.7. The molecule has 0 heterocycles. The van der Waals surface area contributed by atoms with Gasteiger partial charge in [0.1, 0.15) is 0 Å². The molecule has 0 aliphatic rings. The van der Waals surface area contributed by atoms with E-state index in [4.69, 9.17) is 20.9 Å². The fourth-order valence-electron chi connectivity index (χ4n) is 13.0. The summed E-state index contributed by atoms with van der Waals surface area (Å²) in [7, 11) is 0. The lowest BCUT2D eigenvalue weighted by atomic mass is 9.95. The molecular weight excluding hydrogens is 1020 g/mol. The number of nitrogens with two attached hydrogens (primary N) is 2. The first kappa shape index (κ1) is 78.8. The molecule has 1 aromatic rings. The molecule has 83 heavy (non-hydrogen) atoms. The van der Waals surface area contributed by atoms with Crippen molar-refractivity contribution in [3.8, 4) is 0 Å². The minimum absolute atomic E-state index is 0.665. The molecule has 0 atom stereocenters. The average Bonchev–Trinajstić information content (AvgIpc) is 3.55. The number of ether oxygens (including phenoxy) is 2. The number of benzene rings is 1. The number of rotatable bonds is 69. The Labute approximate surface area is 519 Å². The van der Waals surface area contributed by atoms with E-state index >= 15 is 0 Å². The molecule has 6 nitrogen and oxygen atoms in total. The third-order valence-corrected chi connectivity index (χ3v) is 18.5. The Morgan fingerprint density at radius 3 is 0.651 bits per heavy atom. The zero-order valence-corrected chi connectivity index (χ0v) is 56.3. The van der Waals surface area contributed by atoms with Gasteiger partial charge in [0.25, 0.3) is 6.29 Å². The van der Waals surface area contributed by atoms with Crippen molar-refractivity contribution in [2.24, 2.45) is 11.5 Å². The highest BCUT2D eigenvalue weighted by Gasteiger charge is 2.22. The predicted molar refractivity (Wildman–Crippen MR) is 365 cm³/mol. The number of hydrogen-bond acceptors (Lipinski definition) is 4. The summed E-state index contributed by atoms with van der Waals surface area (Å²) in [6.07, 6.45) is 89.0. The topological polar surface area (TPSA) is 105 Å². The molecule has 0 spiro atoms. The van der Waals surface area contributed by atoms with E-state index in [1.54, 1.807) is 0 Å². The lowest BCUT2D eigenvalue weighted by molar-refractivity contribution is -0.0584. The monoisotopic (exact) mass is 1160 g/mol. The van der Waals surface area contributed by atoms with Crippen LogP contribution in [0.3, 0.4) is 0 Å². The van der Waals surface area contributed by atoms with Crippen LogP contribution in [0.25, 0.3) is 0 Å². The second-order valence-corrected chi connectivity index (χ2v) is 26.7. The molecule has 2 amide bonds. The number of hydrogen-bond donors (Lipinski definition) is 2. The van der Waals surface area contributed by atoms with Gasteiger partial charge in [0.15, 0.2) is 0 Å². The van der Waals surface area contributed by atoms with Crippen molar-refractivity contribution in [2.75, 3.05) is 0 Å². The molecule has 6 heteroatoms. The van der Waals surface area contributed by atoms with Crippen LogP contribution in [0.1, 0.15) is 448 Å². The number of carbonyl (C=O) groups is 2. The number of carbonyl (C=O) groups excluding carboxylic acids is 2. The third kappa shape index (κ3) is 58.5. The SMILES string of the molecule is CCCCCCCCCCCCCCCCCCCCCCCCCCCCCCCCCCc1ccc(C(OC(N)=O)OC(N)=O)c(CCCCCCCCCCCCCCCCCCCCCCCCCCCCCCCCCC)c1. The predicted octanol–water partition coefficient (Wildman–Crippen LogP) is 27.0. The van der Waals surface area contributed by atoms with Crippen LogP contribution >= 0.6 is 0 Å². The van der Waals surface area contributed by atoms with Crippen LogP contribution in [0.5, 0.6) is 0 Å². The van der Waals surface area contributed by atoms with Crippen molar-refractivity contribution in [1.82, 2.24) is 0 Å². The highest BCUT2D eigenvalue weighted by Crippen LogP contribution is 2.28. The zero-order valence-electron chi connectivity index (χ0n) is 56.3. The first-order valence-corrected chi connectivity index (χ1v) is 38.0. The van der Waals surface area contributed by atoms with Crippen molar-refractivity contribution in [3.05, 3.63) is 34.9 Å². The zero-order chi connectivity index (χ0) is 59.7. The van der Waals surface area contributed by atoms with Crippen LogP contribution in [-0.2, 0) is 22.3 Å². The van der Waals surface area contributed by atoms with E-state index in [0.29, 0.717) is 5.56 Å². The quantitative estimate of drug-likeness (QED) is 0.0501. The van der Waals surface area contributed by atoms with E-state index in [1.165, 1.54) is 397 Å². The summed E-state index contributed by atoms with van der Waals surface area (Å²) in [6, 6.07) is 6.24. The molecular formula is C77H146N2O4. The highest BCUT2D eigenvalue weighted by molar-refractivity contribution is 5.67. The van der Waals surface area contributed by atoms with Crippen LogP contribution in [0, 0.1) is 0 Å². The van der Waals surface area contributed by atoms with Crippen LogP contribution in [0.4, 0.5) is 9.59 Å². The molecule has 0 saturated heterocycles. The summed E-state index contributed by atoms with van der Waals surface area (Å²) in [5.41, 5.74) is 13.8. The minimum atomic E-state index is -1.23. The molecule has 0 aliphatic heterocycles. The standard InChI is InChI=1S/C77H146N2O4/c1-3-5-7-9-11-13-15-17-19-21-23-25-27-29-31-33-35-37-39-41-43-45-47-49-51-53-55-57-59-61-63-65-67-72-69-70-74(75(82-76(78)80)83-77(79)81)73(71-72)68-66-64-62-60-58-56-54-52-50-48-46-44-42-40-38-36-34-32-30-28-26-24-22-20-18-16-14-12-10-8-6-4-2/h69-71,75H,3-68H2,1-2H3,(H2,78,80)(H2,79,81). The van der Waals surface area contributed by atoms with Gasteiger partial charge >= 0.3 is 12.2 Å². The summed E-state index contributed by atoms with van der Waals surface area (Å²) in [4.78, 5) is 23.5. The van der Waals surface area contributed by atoms with Gasteiger partial charge in [0, 0.05) is 5.56 Å². The van der Waals surface area contributed by atoms with E-state index in [0.717, 1.165) is 37.7 Å². The average molecular weight is 1160 g/mol. The number of unbranched alkanes of at least 4 members (excludes halogenated alkanes) is 62. The minimum Gasteiger partial charge on any atom is -0.405 e. The molecule has 1 aromatic carbocycles. The van der Waals surface area contributed by atoms with Gasteiger partial charge in [-0.1, -0.05) is 430 Å². The summed E-state index contributed by atoms with van der Waals surface area (Å²) in [5, 5.41) is 0. The lowest BCUT2D eigenvalue weighted by Crippen LogP contribution is -2.25. The second-order valence-electron chi connectivity index (χ2n) is 26.7. The molecule has 488 valence electrons. The van der Waals surface area contributed by atoms with E-state index in [9.17, 15) is 9.59 Å². The maximum atomic E-state index is 11.8. The Morgan fingerprint density at radius 2 is 0.458 bits per heavy atom. The van der Waals surface area contributed by atoms with Gasteiger partial charge in [-0.05, 0) is 36.8 Å². The maximum Gasteiger partial charge on any atom is 0.407 e. The summed E-state index contributed by atoms with van der Waals surface area (Å²) in [5.74, 6) is 0. The molecule has 0 unspecified atom stereocenters. The Morgan fingerprint density at radius 1 is 0.277 bits per heavy atom. The summed E-state index contributed by atoms with van der Waals surface area (Å²) in [6.45, 7) is 4.61. The van der Waals surface area contributed by atoms with E-state index in [2.05, 4.69) is 26.0 Å². The lowest BCUT2D eigenvalue weighted by Gasteiger charge is -2.20. The molecule has 0 aromatic heterocycles. The van der Waals surface area contributed by atoms with Crippen LogP contribution in [-0.4, -0.2) is 12.2 Å². The number of primary amides is 2. The van der Waals surface area contributed by atoms with E-state index in [-0.39, 0.29) is 0 Å². The van der Waals surface area contributed by atoms with Gasteiger partial charge in [0.05, 0.1) is 0 Å². The third-order valence-electron chi connectivity index (χ3n) is 18.5. The number of aryl methyl sites for hydroxylation is 2. The van der Waals surface area contributed by atoms with Crippen LogP contribution in [0.2, 0.25) is 0 Å². The first-order valence-electron chi connectivity index (χ1n) is 38.0. The van der Waals surface area contributed by atoms with E-state index in [1.807, 2.05) is 6.07 Å². The molecule has 0 aliphatic carbocycles. The van der Waals surface area contributed by atoms with Gasteiger partial charge in [-0.15, -0.1) is 0 Å². The second kappa shape index (κ2) is 65.7. The molecule has 0 bridgehead atoms. The number of amides is 2. The largest absolute Gasteiger partial charge is 0.407 e. The summed E-state index contributed by atoms with van der Waals surface area (Å²) >= 11 is 0. The summed E-state index contributed by atoms with van der Waals surface area (Å²) < 4.78 is 10.5. The van der Waals surface area contributed by atoms with Crippen LogP contribution in [0.15, 0.2) is 18.2 Å². The Bertz CT molecular complexity index is 1450. The van der Waals surface area contributed by atoms with Crippen LogP contribution < -0.4 is 11.5 Å². The van der Waals surface area contributed by atoms with Crippen molar-refractivity contribution in [1.29, 1.82) is 0 Å². The first-order chi connectivity index (χ1) is 41.0. The smallest absolute Gasteiger partial charge is 0.405 e. The van der Waals surface area contributed by atoms with Crippen molar-refractivity contribution >= 4 is 12.2 Å². The van der Waals surface area contributed by atoms with Gasteiger partial charge in [-0.3, -0.25) is 0 Å². The van der Waals surface area contributed by atoms with Crippen molar-refractivity contribution in [2.45, 2.75) is 444 Å². The van der Waals surface area contributed by atoms with Gasteiger partial charge in [0.2, 0.25) is 0 Å². The Hall–Kier alpha value is -2.24. The maximum absolute atomic E-state index is 11.8. The fourth-order valence-corrected chi connectivity index (χ4v) is 13.0. The van der Waals surface area contributed by atoms with Crippen molar-refractivity contribution < 1.29 is 19.1 Å². The van der Waals surface area contributed by atoms with Gasteiger partial charge in [-0.2, -0.15) is 0 Å². The van der Waals surface area contributed by atoms with Gasteiger partial charge in [-0.25, -0.2) is 9.59 Å². The Kier molecular flexibility index (Phi) is 62.4. The Balaban J connectivity index is 2.02. The molecule has 4 N–H and O–H groups in total.